The Morgan fingerprint density at radius 2 is 1.75 bits per heavy atom. The van der Waals surface area contributed by atoms with E-state index in [9.17, 15) is 14.4 Å². The summed E-state index contributed by atoms with van der Waals surface area (Å²) >= 11 is 0. The van der Waals surface area contributed by atoms with Crippen molar-refractivity contribution in [2.24, 2.45) is 0 Å². The number of hydrogen-bond acceptors (Lipinski definition) is 4. The summed E-state index contributed by atoms with van der Waals surface area (Å²) in [5.74, 6) is -0.487. The van der Waals surface area contributed by atoms with Gasteiger partial charge in [0.25, 0.3) is 5.91 Å². The number of aromatic nitrogens is 2. The molecule has 2 aliphatic rings. The number of nitrogens with one attached hydrogen (secondary N) is 2. The number of nitrogens with zero attached hydrogens (tertiary/aromatic N) is 3. The van der Waals surface area contributed by atoms with Gasteiger partial charge in [-0.15, -0.1) is 0 Å². The largest absolute Gasteiger partial charge is 0.348 e. The van der Waals surface area contributed by atoms with Crippen molar-refractivity contribution in [3.05, 3.63) is 78.4 Å². The zero-order chi connectivity index (χ0) is 22.1. The van der Waals surface area contributed by atoms with Crippen molar-refractivity contribution >= 4 is 17.7 Å². The second-order valence-electron chi connectivity index (χ2n) is 8.08. The first kappa shape index (κ1) is 20.0. The van der Waals surface area contributed by atoms with Crippen molar-refractivity contribution in [1.82, 2.24) is 25.1 Å². The van der Waals surface area contributed by atoms with Crippen LogP contribution in [0.5, 0.6) is 0 Å². The third-order valence-electron chi connectivity index (χ3n) is 6.09. The average molecular weight is 429 g/mol. The maximum Gasteiger partial charge on any atom is 0.253 e. The first-order chi connectivity index (χ1) is 15.6. The molecule has 32 heavy (non-hydrogen) atoms. The molecule has 2 saturated heterocycles. The normalized spacial score (nSPS) is 20.6. The van der Waals surface area contributed by atoms with Crippen LogP contribution >= 0.6 is 0 Å². The van der Waals surface area contributed by atoms with Crippen LogP contribution in [-0.2, 0) is 16.0 Å². The highest BCUT2D eigenvalue weighted by Gasteiger charge is 2.44. The third kappa shape index (κ3) is 3.75. The zero-order valence-electron chi connectivity index (χ0n) is 17.4. The van der Waals surface area contributed by atoms with Crippen molar-refractivity contribution in [2.45, 2.75) is 18.5 Å². The number of amides is 3. The highest BCUT2D eigenvalue weighted by molar-refractivity contribution is 5.99. The number of hydrogen-bond donors (Lipinski definition) is 2. The molecule has 2 aliphatic heterocycles. The van der Waals surface area contributed by atoms with Gasteiger partial charge < -0.3 is 20.1 Å². The Labute approximate surface area is 185 Å². The fourth-order valence-corrected chi connectivity index (χ4v) is 4.36. The monoisotopic (exact) mass is 429 g/mol. The molecule has 2 fully saturated rings. The molecule has 162 valence electrons. The first-order valence-corrected chi connectivity index (χ1v) is 10.6. The third-order valence-corrected chi connectivity index (χ3v) is 6.09. The number of benzene rings is 2. The van der Waals surface area contributed by atoms with Crippen molar-refractivity contribution < 1.29 is 14.4 Å². The van der Waals surface area contributed by atoms with E-state index in [0.717, 1.165) is 16.8 Å². The number of rotatable bonds is 4. The number of aromatic amines is 1. The minimum Gasteiger partial charge on any atom is -0.348 e. The predicted molar refractivity (Wildman–Crippen MR) is 118 cm³/mol. The standard InChI is InChI=1S/C24H23N5O3/c30-22-21-14-28(10-11-29(21)24(32)20(27-22)12-19-13-25-15-26-19)23(31)18-8-6-17(7-9-18)16-4-2-1-3-5-16/h1-9,13,15,20-21H,10-12,14H2,(H,25,26)(H,27,30)/t20-,21+/m0/s1. The zero-order valence-corrected chi connectivity index (χ0v) is 17.4. The van der Waals surface area contributed by atoms with E-state index < -0.39 is 12.1 Å². The van der Waals surface area contributed by atoms with Crippen LogP contribution in [0, 0.1) is 0 Å². The molecule has 2 atom stereocenters. The Kier molecular flexibility index (Phi) is 5.18. The molecule has 5 rings (SSSR count). The number of piperazine rings is 2. The molecule has 8 nitrogen and oxygen atoms in total. The average Bonchev–Trinajstić information content (AvgIpc) is 3.35. The molecule has 1 aromatic heterocycles. The minimum atomic E-state index is -0.665. The molecule has 3 aromatic rings. The fraction of sp³-hybridized carbons (Fsp3) is 0.250. The van der Waals surface area contributed by atoms with E-state index in [1.165, 1.54) is 0 Å². The van der Waals surface area contributed by atoms with Gasteiger partial charge in [-0.25, -0.2) is 4.98 Å². The Morgan fingerprint density at radius 1 is 1.00 bits per heavy atom. The van der Waals surface area contributed by atoms with Crippen molar-refractivity contribution in [3.63, 3.8) is 0 Å². The highest BCUT2D eigenvalue weighted by Crippen LogP contribution is 2.22. The lowest BCUT2D eigenvalue weighted by atomic mass is 10.00. The van der Waals surface area contributed by atoms with E-state index in [2.05, 4.69) is 15.3 Å². The maximum atomic E-state index is 13.1. The summed E-state index contributed by atoms with van der Waals surface area (Å²) in [5, 5.41) is 2.81. The molecule has 3 amide bonds. The minimum absolute atomic E-state index is 0.122. The summed E-state index contributed by atoms with van der Waals surface area (Å²) in [5.41, 5.74) is 3.47. The topological polar surface area (TPSA) is 98.4 Å². The summed E-state index contributed by atoms with van der Waals surface area (Å²) in [4.78, 5) is 48.9. The maximum absolute atomic E-state index is 13.1. The number of carbonyl (C=O) groups excluding carboxylic acids is 3. The van der Waals surface area contributed by atoms with E-state index in [1.54, 1.807) is 22.3 Å². The van der Waals surface area contributed by atoms with E-state index in [-0.39, 0.29) is 24.3 Å². The Hall–Kier alpha value is -3.94. The number of imidazole rings is 1. The number of carbonyl (C=O) groups is 3. The van der Waals surface area contributed by atoms with Crippen LogP contribution in [-0.4, -0.2) is 69.2 Å². The molecule has 0 saturated carbocycles. The molecule has 2 aromatic carbocycles. The van der Waals surface area contributed by atoms with Crippen molar-refractivity contribution in [2.75, 3.05) is 19.6 Å². The molecular weight excluding hydrogens is 406 g/mol. The van der Waals surface area contributed by atoms with E-state index in [0.29, 0.717) is 25.1 Å². The summed E-state index contributed by atoms with van der Waals surface area (Å²) in [6.07, 6.45) is 3.55. The molecule has 0 spiro atoms. The molecule has 0 bridgehead atoms. The molecule has 0 unspecified atom stereocenters. The quantitative estimate of drug-likeness (QED) is 0.656. The summed E-state index contributed by atoms with van der Waals surface area (Å²) in [6, 6.07) is 16.1. The van der Waals surface area contributed by atoms with Gasteiger partial charge in [-0.1, -0.05) is 42.5 Å². The van der Waals surface area contributed by atoms with Gasteiger partial charge in [0, 0.05) is 37.0 Å². The van der Waals surface area contributed by atoms with E-state index in [4.69, 9.17) is 0 Å². The fourth-order valence-electron chi connectivity index (χ4n) is 4.36. The number of H-pyrrole nitrogens is 1. The van der Waals surface area contributed by atoms with Crippen LogP contribution in [0.25, 0.3) is 11.1 Å². The van der Waals surface area contributed by atoms with Gasteiger partial charge >= 0.3 is 0 Å². The van der Waals surface area contributed by atoms with E-state index >= 15 is 0 Å². The first-order valence-electron chi connectivity index (χ1n) is 10.6. The van der Waals surface area contributed by atoms with E-state index in [1.807, 2.05) is 54.6 Å². The molecule has 0 aliphatic carbocycles. The summed E-state index contributed by atoms with van der Waals surface area (Å²) in [7, 11) is 0. The number of fused-ring (bicyclic) bond motifs is 1. The van der Waals surface area contributed by atoms with Crippen LogP contribution in [0.15, 0.2) is 67.1 Å². The van der Waals surface area contributed by atoms with Crippen LogP contribution in [0.3, 0.4) is 0 Å². The second kappa shape index (κ2) is 8.30. The lowest BCUT2D eigenvalue weighted by molar-refractivity contribution is -0.152. The highest BCUT2D eigenvalue weighted by atomic mass is 16.2. The molecule has 8 heteroatoms. The van der Waals surface area contributed by atoms with Crippen LogP contribution in [0.4, 0.5) is 0 Å². The Bertz CT molecular complexity index is 1130. The van der Waals surface area contributed by atoms with Gasteiger partial charge in [0.1, 0.15) is 12.1 Å². The molecule has 0 radical (unpaired) electrons. The summed E-state index contributed by atoms with van der Waals surface area (Å²) < 4.78 is 0. The van der Waals surface area contributed by atoms with Crippen LogP contribution in [0.1, 0.15) is 16.1 Å². The van der Waals surface area contributed by atoms with Crippen LogP contribution < -0.4 is 5.32 Å². The van der Waals surface area contributed by atoms with Gasteiger partial charge in [0.2, 0.25) is 11.8 Å². The smallest absolute Gasteiger partial charge is 0.253 e. The molecule has 2 N–H and O–H groups in total. The van der Waals surface area contributed by atoms with Gasteiger partial charge in [-0.3, -0.25) is 14.4 Å². The summed E-state index contributed by atoms with van der Waals surface area (Å²) in [6.45, 7) is 0.920. The van der Waals surface area contributed by atoms with Gasteiger partial charge in [-0.2, -0.15) is 0 Å². The van der Waals surface area contributed by atoms with Gasteiger partial charge in [-0.05, 0) is 23.3 Å². The van der Waals surface area contributed by atoms with Gasteiger partial charge in [0.15, 0.2) is 0 Å². The molecular formula is C24H23N5O3. The predicted octanol–water partition coefficient (Wildman–Crippen LogP) is 1.47. The Balaban J connectivity index is 1.26. The van der Waals surface area contributed by atoms with Gasteiger partial charge in [0.05, 0.1) is 12.9 Å². The van der Waals surface area contributed by atoms with Crippen LogP contribution in [0.2, 0.25) is 0 Å². The molecule has 3 heterocycles. The SMILES string of the molecule is O=C1N[C@@H](Cc2cnc[nH]2)C(=O)N2CCN(C(=O)c3ccc(-c4ccccc4)cc3)C[C@H]12. The Morgan fingerprint density at radius 3 is 2.47 bits per heavy atom. The lowest BCUT2D eigenvalue weighted by Crippen LogP contribution is -2.70. The lowest BCUT2D eigenvalue weighted by Gasteiger charge is -2.45. The van der Waals surface area contributed by atoms with Crippen molar-refractivity contribution in [3.8, 4) is 11.1 Å². The second-order valence-corrected chi connectivity index (χ2v) is 8.08. The van der Waals surface area contributed by atoms with Crippen molar-refractivity contribution in [1.29, 1.82) is 0 Å².